The monoisotopic (exact) mass is 233 g/mol. The smallest absolute Gasteiger partial charge is 0.280 e. The van der Waals surface area contributed by atoms with Gasteiger partial charge < -0.3 is 5.32 Å². The lowest BCUT2D eigenvalue weighted by Gasteiger charge is -2.41. The van der Waals surface area contributed by atoms with Crippen molar-refractivity contribution in [1.29, 1.82) is 0 Å². The van der Waals surface area contributed by atoms with E-state index in [4.69, 9.17) is 0 Å². The van der Waals surface area contributed by atoms with Gasteiger partial charge in [-0.05, 0) is 39.8 Å². The average Bonchev–Trinajstić information content (AvgIpc) is 2.39. The lowest BCUT2D eigenvalue weighted by molar-refractivity contribution is 0.138. The topological polar surface area (TPSA) is 61.4 Å². The van der Waals surface area contributed by atoms with Crippen LogP contribution in [0.4, 0.5) is 0 Å². The summed E-state index contributed by atoms with van der Waals surface area (Å²) < 4.78 is 28.1. The molecule has 2 heterocycles. The summed E-state index contributed by atoms with van der Waals surface area (Å²) in [6.07, 6.45) is 1.80. The summed E-state index contributed by atoms with van der Waals surface area (Å²) in [5.41, 5.74) is -0.182. The summed E-state index contributed by atoms with van der Waals surface area (Å²) in [6.45, 7) is 6.25. The molecule has 15 heavy (non-hydrogen) atoms. The Hall–Kier alpha value is -0.170. The van der Waals surface area contributed by atoms with Gasteiger partial charge >= 0.3 is 0 Å². The van der Waals surface area contributed by atoms with Crippen molar-refractivity contribution < 1.29 is 8.42 Å². The molecule has 0 saturated carbocycles. The van der Waals surface area contributed by atoms with Gasteiger partial charge in [0.15, 0.2) is 0 Å². The maximum atomic E-state index is 11.9. The fraction of sp³-hybridized carbons (Fsp3) is 1.00. The molecule has 2 aliphatic heterocycles. The molecule has 0 amide bonds. The van der Waals surface area contributed by atoms with Gasteiger partial charge in [0.2, 0.25) is 0 Å². The van der Waals surface area contributed by atoms with E-state index in [1.807, 2.05) is 13.8 Å². The standard InChI is InChI=1S/C9H19N3O2S/c1-8(2)12-9(3-5-10-6-4-9)7-11-15(12,13)14/h8,10-11H,3-7H2,1-2H3. The van der Waals surface area contributed by atoms with E-state index in [-0.39, 0.29) is 11.6 Å². The van der Waals surface area contributed by atoms with Crippen molar-refractivity contribution in [2.24, 2.45) is 0 Å². The van der Waals surface area contributed by atoms with Crippen molar-refractivity contribution in [3.05, 3.63) is 0 Å². The van der Waals surface area contributed by atoms with E-state index in [2.05, 4.69) is 10.0 Å². The predicted octanol–water partition coefficient (Wildman–Crippen LogP) is -0.333. The molecule has 2 saturated heterocycles. The first kappa shape index (κ1) is 11.3. The van der Waals surface area contributed by atoms with Gasteiger partial charge in [-0.3, -0.25) is 0 Å². The van der Waals surface area contributed by atoms with Gasteiger partial charge in [0.05, 0.1) is 5.54 Å². The Kier molecular flexibility index (Phi) is 2.79. The minimum atomic E-state index is -3.24. The highest BCUT2D eigenvalue weighted by Crippen LogP contribution is 2.34. The van der Waals surface area contributed by atoms with Crippen LogP contribution in [-0.2, 0) is 10.2 Å². The van der Waals surface area contributed by atoms with Crippen LogP contribution in [0, 0.1) is 0 Å². The van der Waals surface area contributed by atoms with Gasteiger partial charge in [0.25, 0.3) is 10.2 Å². The number of nitrogens with zero attached hydrogens (tertiary/aromatic N) is 1. The molecule has 2 N–H and O–H groups in total. The van der Waals surface area contributed by atoms with Gasteiger partial charge in [0, 0.05) is 12.6 Å². The minimum absolute atomic E-state index is 0.0306. The molecule has 0 atom stereocenters. The normalized spacial score (nSPS) is 30.1. The number of piperidine rings is 1. The molecule has 0 aliphatic carbocycles. The highest BCUT2D eigenvalue weighted by Gasteiger charge is 2.50. The molecular formula is C9H19N3O2S. The van der Waals surface area contributed by atoms with Gasteiger partial charge in [-0.1, -0.05) is 0 Å². The van der Waals surface area contributed by atoms with E-state index in [1.54, 1.807) is 4.31 Å². The third kappa shape index (κ3) is 1.80. The lowest BCUT2D eigenvalue weighted by Crippen LogP contribution is -2.55. The highest BCUT2D eigenvalue weighted by atomic mass is 32.2. The largest absolute Gasteiger partial charge is 0.317 e. The van der Waals surface area contributed by atoms with Crippen LogP contribution in [0.1, 0.15) is 26.7 Å². The zero-order chi connectivity index (χ0) is 11.1. The summed E-state index contributed by atoms with van der Waals surface area (Å²) in [4.78, 5) is 0. The Bertz CT molecular complexity index is 333. The summed E-state index contributed by atoms with van der Waals surface area (Å²) in [7, 11) is -3.24. The molecule has 6 heteroatoms. The first-order valence-electron chi connectivity index (χ1n) is 5.48. The van der Waals surface area contributed by atoms with E-state index in [1.165, 1.54) is 0 Å². The number of nitrogens with one attached hydrogen (secondary N) is 2. The van der Waals surface area contributed by atoms with E-state index in [0.29, 0.717) is 6.54 Å². The highest BCUT2D eigenvalue weighted by molar-refractivity contribution is 7.87. The molecule has 0 aromatic heterocycles. The lowest BCUT2D eigenvalue weighted by atomic mass is 9.88. The van der Waals surface area contributed by atoms with Gasteiger partial charge in [0.1, 0.15) is 0 Å². The van der Waals surface area contributed by atoms with Crippen LogP contribution in [0.5, 0.6) is 0 Å². The van der Waals surface area contributed by atoms with Crippen LogP contribution < -0.4 is 10.0 Å². The zero-order valence-corrected chi connectivity index (χ0v) is 10.1. The molecule has 88 valence electrons. The fourth-order valence-corrected chi connectivity index (χ4v) is 4.64. The van der Waals surface area contributed by atoms with Crippen LogP contribution in [0.25, 0.3) is 0 Å². The third-order valence-corrected chi connectivity index (χ3v) is 5.15. The van der Waals surface area contributed by atoms with Crippen LogP contribution in [0.2, 0.25) is 0 Å². The van der Waals surface area contributed by atoms with Crippen molar-refractivity contribution in [1.82, 2.24) is 14.3 Å². The van der Waals surface area contributed by atoms with Crippen molar-refractivity contribution in [3.63, 3.8) is 0 Å². The van der Waals surface area contributed by atoms with Crippen molar-refractivity contribution in [3.8, 4) is 0 Å². The van der Waals surface area contributed by atoms with Crippen LogP contribution in [0.3, 0.4) is 0 Å². The van der Waals surface area contributed by atoms with E-state index in [0.717, 1.165) is 25.9 Å². The van der Waals surface area contributed by atoms with Gasteiger partial charge in [-0.2, -0.15) is 12.7 Å². The second kappa shape index (κ2) is 3.69. The quantitative estimate of drug-likeness (QED) is 0.652. The second-order valence-electron chi connectivity index (χ2n) is 4.69. The Morgan fingerprint density at radius 3 is 2.40 bits per heavy atom. The van der Waals surface area contributed by atoms with E-state index in [9.17, 15) is 8.42 Å². The molecule has 0 aromatic rings. The van der Waals surface area contributed by atoms with Crippen molar-refractivity contribution >= 4 is 10.2 Å². The Morgan fingerprint density at radius 1 is 1.27 bits per heavy atom. The number of rotatable bonds is 1. The predicted molar refractivity (Wildman–Crippen MR) is 58.7 cm³/mol. The van der Waals surface area contributed by atoms with Crippen molar-refractivity contribution in [2.75, 3.05) is 19.6 Å². The second-order valence-corrected chi connectivity index (χ2v) is 6.32. The molecule has 2 fully saturated rings. The number of hydrogen-bond donors (Lipinski definition) is 2. The molecule has 2 rings (SSSR count). The zero-order valence-electron chi connectivity index (χ0n) is 9.28. The first-order valence-corrected chi connectivity index (χ1v) is 6.92. The van der Waals surface area contributed by atoms with Crippen LogP contribution in [-0.4, -0.2) is 43.9 Å². The van der Waals surface area contributed by atoms with Gasteiger partial charge in [-0.25, -0.2) is 4.72 Å². The summed E-state index contributed by atoms with van der Waals surface area (Å²) in [5, 5.41) is 3.27. The Balaban J connectivity index is 2.32. The van der Waals surface area contributed by atoms with Crippen LogP contribution >= 0.6 is 0 Å². The Morgan fingerprint density at radius 2 is 1.87 bits per heavy atom. The minimum Gasteiger partial charge on any atom is -0.317 e. The molecule has 5 nitrogen and oxygen atoms in total. The third-order valence-electron chi connectivity index (χ3n) is 3.31. The van der Waals surface area contributed by atoms with Crippen LogP contribution in [0.15, 0.2) is 0 Å². The summed E-state index contributed by atoms with van der Waals surface area (Å²) >= 11 is 0. The first-order chi connectivity index (χ1) is 6.98. The molecule has 0 unspecified atom stereocenters. The Labute approximate surface area is 91.4 Å². The molecule has 0 aromatic carbocycles. The maximum absolute atomic E-state index is 11.9. The SMILES string of the molecule is CC(C)N1C2(CCNCC2)CNS1(=O)=O. The van der Waals surface area contributed by atoms with E-state index >= 15 is 0 Å². The molecule has 1 spiro atoms. The average molecular weight is 233 g/mol. The summed E-state index contributed by atoms with van der Waals surface area (Å²) in [5.74, 6) is 0. The van der Waals surface area contributed by atoms with Gasteiger partial charge in [-0.15, -0.1) is 0 Å². The molecule has 0 radical (unpaired) electrons. The number of hydrogen-bond acceptors (Lipinski definition) is 3. The molecule has 2 aliphatic rings. The molecular weight excluding hydrogens is 214 g/mol. The maximum Gasteiger partial charge on any atom is 0.280 e. The summed E-state index contributed by atoms with van der Waals surface area (Å²) in [6, 6.07) is 0.0306. The fourth-order valence-electron chi connectivity index (χ4n) is 2.74. The van der Waals surface area contributed by atoms with Crippen molar-refractivity contribution in [2.45, 2.75) is 38.3 Å². The molecule has 0 bridgehead atoms. The van der Waals surface area contributed by atoms with E-state index < -0.39 is 10.2 Å².